The fourth-order valence-corrected chi connectivity index (χ4v) is 3.06. The van der Waals surface area contributed by atoms with Gasteiger partial charge in [-0.3, -0.25) is 0 Å². The molecule has 4 rings (SSSR count). The molecule has 5 nitrogen and oxygen atoms in total. The van der Waals surface area contributed by atoms with Gasteiger partial charge in [-0.15, -0.1) is 0 Å². The van der Waals surface area contributed by atoms with Crippen molar-refractivity contribution in [1.29, 1.82) is 0 Å². The maximum Gasteiger partial charge on any atom is 0.178 e. The largest absolute Gasteiger partial charge is 0.496 e. The fraction of sp³-hybridized carbons (Fsp3) is 0.136. The molecule has 0 N–H and O–H groups in total. The Morgan fingerprint density at radius 3 is 2.37 bits per heavy atom. The minimum atomic E-state index is 0.591. The first-order valence-corrected chi connectivity index (χ1v) is 8.62. The summed E-state index contributed by atoms with van der Waals surface area (Å²) >= 11 is 0. The lowest BCUT2D eigenvalue weighted by atomic mass is 10.1. The first kappa shape index (κ1) is 17.0. The zero-order valence-corrected chi connectivity index (χ0v) is 15.4. The molecule has 0 aliphatic carbocycles. The SMILES string of the molecule is COc1cc(-c2cccc(-c3ncc4ccccc4n3)n2)c(OC)cc1C. The van der Waals surface area contributed by atoms with Gasteiger partial charge < -0.3 is 9.47 Å². The smallest absolute Gasteiger partial charge is 0.178 e. The highest BCUT2D eigenvalue weighted by molar-refractivity contribution is 5.79. The molecule has 0 aliphatic rings. The van der Waals surface area contributed by atoms with Crippen molar-refractivity contribution < 1.29 is 9.47 Å². The molecule has 0 saturated carbocycles. The van der Waals surface area contributed by atoms with Gasteiger partial charge in [-0.1, -0.05) is 24.3 Å². The number of ether oxygens (including phenoxy) is 2. The van der Waals surface area contributed by atoms with Crippen molar-refractivity contribution in [2.24, 2.45) is 0 Å². The molecule has 0 aliphatic heterocycles. The maximum atomic E-state index is 5.56. The van der Waals surface area contributed by atoms with Crippen LogP contribution >= 0.6 is 0 Å². The zero-order valence-electron chi connectivity index (χ0n) is 15.4. The second-order valence-corrected chi connectivity index (χ2v) is 6.18. The van der Waals surface area contributed by atoms with Crippen molar-refractivity contribution in [2.75, 3.05) is 14.2 Å². The van der Waals surface area contributed by atoms with Gasteiger partial charge in [0.2, 0.25) is 0 Å². The first-order valence-electron chi connectivity index (χ1n) is 8.62. The van der Waals surface area contributed by atoms with E-state index in [2.05, 4.69) is 9.97 Å². The lowest BCUT2D eigenvalue weighted by Crippen LogP contribution is -1.97. The third-order valence-corrected chi connectivity index (χ3v) is 4.46. The normalized spacial score (nSPS) is 10.8. The molecule has 0 bridgehead atoms. The zero-order chi connectivity index (χ0) is 18.8. The number of aryl methyl sites for hydroxylation is 1. The van der Waals surface area contributed by atoms with Crippen LogP contribution in [0.25, 0.3) is 33.7 Å². The van der Waals surface area contributed by atoms with Crippen LogP contribution < -0.4 is 9.47 Å². The monoisotopic (exact) mass is 357 g/mol. The van der Waals surface area contributed by atoms with Gasteiger partial charge in [-0.25, -0.2) is 15.0 Å². The van der Waals surface area contributed by atoms with Crippen LogP contribution in [-0.2, 0) is 0 Å². The molecule has 2 aromatic carbocycles. The van der Waals surface area contributed by atoms with E-state index in [1.165, 1.54) is 0 Å². The second-order valence-electron chi connectivity index (χ2n) is 6.18. The Kier molecular flexibility index (Phi) is 4.42. The molecule has 0 spiro atoms. The average Bonchev–Trinajstić information content (AvgIpc) is 2.73. The number of rotatable bonds is 4. The molecule has 0 saturated heterocycles. The van der Waals surface area contributed by atoms with Crippen LogP contribution in [0.2, 0.25) is 0 Å². The predicted molar refractivity (Wildman–Crippen MR) is 106 cm³/mol. The van der Waals surface area contributed by atoms with Crippen LogP contribution in [0.1, 0.15) is 5.56 Å². The summed E-state index contributed by atoms with van der Waals surface area (Å²) in [6.45, 7) is 1.98. The third kappa shape index (κ3) is 3.19. The van der Waals surface area contributed by atoms with E-state index in [1.807, 2.05) is 67.7 Å². The molecule has 0 unspecified atom stereocenters. The van der Waals surface area contributed by atoms with Gasteiger partial charge in [0.05, 0.1) is 25.4 Å². The summed E-state index contributed by atoms with van der Waals surface area (Å²) in [5, 5.41) is 1.00. The standard InChI is InChI=1S/C22H19N3O2/c1-14-11-21(27-3)16(12-20(14)26-2)18-9-6-10-19(24-18)22-23-13-15-7-4-5-8-17(15)25-22/h4-13H,1-3H3. The van der Waals surface area contributed by atoms with Gasteiger partial charge >= 0.3 is 0 Å². The molecule has 5 heteroatoms. The molecule has 2 heterocycles. The summed E-state index contributed by atoms with van der Waals surface area (Å²) < 4.78 is 11.0. The van der Waals surface area contributed by atoms with Gasteiger partial charge in [0, 0.05) is 17.1 Å². The number of para-hydroxylation sites is 1. The highest BCUT2D eigenvalue weighted by atomic mass is 16.5. The minimum Gasteiger partial charge on any atom is -0.496 e. The molecular formula is C22H19N3O2. The van der Waals surface area contributed by atoms with Crippen LogP contribution in [0.4, 0.5) is 0 Å². The van der Waals surface area contributed by atoms with Crippen LogP contribution in [0.3, 0.4) is 0 Å². The van der Waals surface area contributed by atoms with E-state index in [9.17, 15) is 0 Å². The number of fused-ring (bicyclic) bond motifs is 1. The van der Waals surface area contributed by atoms with Gasteiger partial charge in [-0.05, 0) is 42.8 Å². The average molecular weight is 357 g/mol. The summed E-state index contributed by atoms with van der Waals surface area (Å²) in [6.07, 6.45) is 1.82. The van der Waals surface area contributed by atoms with Gasteiger partial charge in [0.1, 0.15) is 17.2 Å². The summed E-state index contributed by atoms with van der Waals surface area (Å²) in [4.78, 5) is 13.9. The number of pyridine rings is 1. The molecule has 0 radical (unpaired) electrons. The molecule has 4 aromatic rings. The Balaban J connectivity index is 1.83. The second kappa shape index (κ2) is 7.03. The van der Waals surface area contributed by atoms with Crippen LogP contribution in [-0.4, -0.2) is 29.2 Å². The van der Waals surface area contributed by atoms with Crippen LogP contribution in [0.15, 0.2) is 60.8 Å². The summed E-state index contributed by atoms with van der Waals surface area (Å²) in [5.41, 5.74) is 4.25. The van der Waals surface area contributed by atoms with E-state index in [0.717, 1.165) is 39.2 Å². The van der Waals surface area contributed by atoms with Crippen molar-refractivity contribution in [3.8, 4) is 34.3 Å². The van der Waals surface area contributed by atoms with Crippen molar-refractivity contribution in [3.05, 3.63) is 66.4 Å². The summed E-state index contributed by atoms with van der Waals surface area (Å²) in [7, 11) is 3.31. The summed E-state index contributed by atoms with van der Waals surface area (Å²) in [6, 6.07) is 17.6. The molecule has 134 valence electrons. The lowest BCUT2D eigenvalue weighted by Gasteiger charge is -2.13. The molecule has 27 heavy (non-hydrogen) atoms. The van der Waals surface area contributed by atoms with E-state index in [0.29, 0.717) is 11.5 Å². The Bertz CT molecular complexity index is 1130. The fourth-order valence-electron chi connectivity index (χ4n) is 3.06. The number of aromatic nitrogens is 3. The van der Waals surface area contributed by atoms with E-state index >= 15 is 0 Å². The predicted octanol–water partition coefficient (Wildman–Crippen LogP) is 4.68. The van der Waals surface area contributed by atoms with Crippen LogP contribution in [0, 0.1) is 6.92 Å². The quantitative estimate of drug-likeness (QED) is 0.530. The first-order chi connectivity index (χ1) is 13.2. The number of nitrogens with zero attached hydrogens (tertiary/aromatic N) is 3. The van der Waals surface area contributed by atoms with Crippen molar-refractivity contribution in [3.63, 3.8) is 0 Å². The highest BCUT2D eigenvalue weighted by Gasteiger charge is 2.13. The number of hydrogen-bond acceptors (Lipinski definition) is 5. The van der Waals surface area contributed by atoms with Gasteiger partial charge in [-0.2, -0.15) is 0 Å². The molecule has 2 aromatic heterocycles. The van der Waals surface area contributed by atoms with Gasteiger partial charge in [0.15, 0.2) is 5.82 Å². The van der Waals surface area contributed by atoms with Gasteiger partial charge in [0.25, 0.3) is 0 Å². The molecular weight excluding hydrogens is 338 g/mol. The lowest BCUT2D eigenvalue weighted by molar-refractivity contribution is 0.401. The van der Waals surface area contributed by atoms with E-state index in [4.69, 9.17) is 14.5 Å². The van der Waals surface area contributed by atoms with Crippen LogP contribution in [0.5, 0.6) is 11.5 Å². The van der Waals surface area contributed by atoms with E-state index < -0.39 is 0 Å². The Morgan fingerprint density at radius 1 is 0.778 bits per heavy atom. The summed E-state index contributed by atoms with van der Waals surface area (Å²) in [5.74, 6) is 2.13. The number of hydrogen-bond donors (Lipinski definition) is 0. The number of methoxy groups -OCH3 is 2. The Hall–Kier alpha value is -3.47. The van der Waals surface area contributed by atoms with Crippen molar-refractivity contribution in [1.82, 2.24) is 15.0 Å². The Labute approximate surface area is 157 Å². The Morgan fingerprint density at radius 2 is 1.56 bits per heavy atom. The highest BCUT2D eigenvalue weighted by Crippen LogP contribution is 2.35. The topological polar surface area (TPSA) is 57.1 Å². The molecule has 0 fully saturated rings. The van der Waals surface area contributed by atoms with Crippen molar-refractivity contribution in [2.45, 2.75) is 6.92 Å². The molecule has 0 atom stereocenters. The van der Waals surface area contributed by atoms with E-state index in [-0.39, 0.29) is 0 Å². The van der Waals surface area contributed by atoms with Crippen molar-refractivity contribution >= 4 is 10.9 Å². The maximum absolute atomic E-state index is 5.56. The third-order valence-electron chi connectivity index (χ3n) is 4.46. The molecule has 0 amide bonds. The van der Waals surface area contributed by atoms with E-state index in [1.54, 1.807) is 14.2 Å². The minimum absolute atomic E-state index is 0.591. The number of benzene rings is 2.